The number of carbonyl (C=O) groups excluding carboxylic acids is 2. The fourth-order valence-corrected chi connectivity index (χ4v) is 4.59. The van der Waals surface area contributed by atoms with Gasteiger partial charge in [-0.2, -0.15) is 5.10 Å². The van der Waals surface area contributed by atoms with Crippen LogP contribution in [0.4, 0.5) is 5.69 Å². The number of rotatable bonds is 10. The summed E-state index contributed by atoms with van der Waals surface area (Å²) in [6, 6.07) is 25.7. The highest BCUT2D eigenvalue weighted by molar-refractivity contribution is 7.92. The van der Waals surface area contributed by atoms with E-state index in [1.165, 1.54) is 10.5 Å². The van der Waals surface area contributed by atoms with E-state index in [1.807, 2.05) is 6.07 Å². The predicted molar refractivity (Wildman–Crippen MR) is 149 cm³/mol. The van der Waals surface area contributed by atoms with Crippen LogP contribution in [-0.4, -0.2) is 39.4 Å². The van der Waals surface area contributed by atoms with Crippen LogP contribution in [0.2, 0.25) is 0 Å². The molecule has 4 aromatic rings. The van der Waals surface area contributed by atoms with Crippen LogP contribution in [0.15, 0.2) is 101 Å². The summed E-state index contributed by atoms with van der Waals surface area (Å²) in [5, 5.41) is 3.96. The molecule has 3 aromatic carbocycles. The summed E-state index contributed by atoms with van der Waals surface area (Å²) in [5.74, 6) is 0.191. The maximum atomic E-state index is 12.5. The highest BCUT2D eigenvalue weighted by Crippen LogP contribution is 2.23. The van der Waals surface area contributed by atoms with Crippen molar-refractivity contribution in [1.82, 2.24) is 5.43 Å². The molecule has 0 unspecified atom stereocenters. The number of amides is 1. The Morgan fingerprint density at radius 1 is 0.923 bits per heavy atom. The zero-order valence-corrected chi connectivity index (χ0v) is 22.2. The molecular weight excluding hydrogens is 518 g/mol. The number of ether oxygens (including phenoxy) is 1. The van der Waals surface area contributed by atoms with Crippen molar-refractivity contribution in [2.24, 2.45) is 5.10 Å². The molecule has 0 spiro atoms. The molecule has 1 amide bonds. The number of hydrogen-bond acceptors (Lipinski definition) is 7. The largest absolute Gasteiger partial charge is 0.462 e. The number of carbonyl (C=O) groups is 2. The third-order valence-electron chi connectivity index (χ3n) is 5.65. The van der Waals surface area contributed by atoms with Crippen LogP contribution in [0.5, 0.6) is 0 Å². The first kappa shape index (κ1) is 27.3. The number of anilines is 1. The second-order valence-corrected chi connectivity index (χ2v) is 10.4. The smallest absolute Gasteiger partial charge is 0.338 e. The zero-order valence-electron chi connectivity index (χ0n) is 21.4. The summed E-state index contributed by atoms with van der Waals surface area (Å²) < 4.78 is 36.7. The van der Waals surface area contributed by atoms with Crippen molar-refractivity contribution in [3.05, 3.63) is 113 Å². The Kier molecular flexibility index (Phi) is 8.57. The van der Waals surface area contributed by atoms with Gasteiger partial charge in [-0.15, -0.1) is 0 Å². The van der Waals surface area contributed by atoms with Gasteiger partial charge in [0, 0.05) is 11.1 Å². The monoisotopic (exact) mass is 545 g/mol. The first-order valence-corrected chi connectivity index (χ1v) is 13.9. The van der Waals surface area contributed by atoms with Gasteiger partial charge in [0.15, 0.2) is 0 Å². The molecule has 1 aromatic heterocycles. The van der Waals surface area contributed by atoms with E-state index in [-0.39, 0.29) is 12.5 Å². The van der Waals surface area contributed by atoms with Gasteiger partial charge in [0.25, 0.3) is 5.91 Å². The van der Waals surface area contributed by atoms with Gasteiger partial charge in [-0.25, -0.2) is 18.6 Å². The lowest BCUT2D eigenvalue weighted by Crippen LogP contribution is -2.29. The summed E-state index contributed by atoms with van der Waals surface area (Å²) in [6.45, 7) is 2.19. The summed E-state index contributed by atoms with van der Waals surface area (Å²) >= 11 is 0. The van der Waals surface area contributed by atoms with E-state index in [0.29, 0.717) is 34.9 Å². The molecule has 200 valence electrons. The molecule has 0 atom stereocenters. The van der Waals surface area contributed by atoms with Crippen LogP contribution in [0, 0.1) is 0 Å². The van der Waals surface area contributed by atoms with Crippen LogP contribution in [0.25, 0.3) is 11.3 Å². The Bertz CT molecular complexity index is 1560. The highest BCUT2D eigenvalue weighted by Gasteiger charge is 2.18. The van der Waals surface area contributed by atoms with E-state index in [1.54, 1.807) is 91.9 Å². The Labute approximate surface area is 226 Å². The van der Waals surface area contributed by atoms with E-state index < -0.39 is 15.9 Å². The quantitative estimate of drug-likeness (QED) is 0.173. The Hall–Kier alpha value is -4.70. The van der Waals surface area contributed by atoms with Crippen molar-refractivity contribution in [2.45, 2.75) is 13.5 Å². The van der Waals surface area contributed by atoms with Gasteiger partial charge >= 0.3 is 5.97 Å². The molecule has 0 bridgehead atoms. The Balaban J connectivity index is 1.35. The average Bonchev–Trinajstić information content (AvgIpc) is 3.41. The second-order valence-electron chi connectivity index (χ2n) is 8.50. The molecule has 0 aliphatic carbocycles. The molecular formula is C29H27N3O6S. The van der Waals surface area contributed by atoms with Gasteiger partial charge in [0.2, 0.25) is 10.0 Å². The van der Waals surface area contributed by atoms with Crippen molar-refractivity contribution in [3.63, 3.8) is 0 Å². The number of benzene rings is 3. The van der Waals surface area contributed by atoms with Crippen molar-refractivity contribution in [2.75, 3.05) is 17.2 Å². The molecule has 0 fully saturated rings. The van der Waals surface area contributed by atoms with Crippen LogP contribution in [-0.2, 0) is 21.3 Å². The van der Waals surface area contributed by atoms with Crippen molar-refractivity contribution in [3.8, 4) is 11.3 Å². The number of nitrogens with zero attached hydrogens (tertiary/aromatic N) is 2. The van der Waals surface area contributed by atoms with Gasteiger partial charge < -0.3 is 9.15 Å². The van der Waals surface area contributed by atoms with E-state index >= 15 is 0 Å². The summed E-state index contributed by atoms with van der Waals surface area (Å²) in [5.41, 5.74) is 5.33. The molecule has 9 nitrogen and oxygen atoms in total. The fourth-order valence-electron chi connectivity index (χ4n) is 3.70. The van der Waals surface area contributed by atoms with Gasteiger partial charge in [-0.3, -0.25) is 9.10 Å². The topological polar surface area (TPSA) is 118 Å². The van der Waals surface area contributed by atoms with Gasteiger partial charge in [-0.05, 0) is 61.0 Å². The van der Waals surface area contributed by atoms with E-state index in [4.69, 9.17) is 9.15 Å². The molecule has 1 heterocycles. The van der Waals surface area contributed by atoms with E-state index in [9.17, 15) is 18.0 Å². The lowest BCUT2D eigenvalue weighted by molar-refractivity contribution is 0.0526. The number of nitrogens with one attached hydrogen (secondary N) is 1. The maximum Gasteiger partial charge on any atom is 0.338 e. The average molecular weight is 546 g/mol. The standard InChI is InChI=1S/C29H27N3O6S/c1-3-37-29(34)24-15-13-22(14-16-24)27-18-17-26(38-27)19-30-31-28(33)23-11-9-21(10-12-23)20-32(39(2,35)36)25-7-5-4-6-8-25/h4-19H,3,20H2,1-2H3,(H,31,33)/b30-19-. The van der Waals surface area contributed by atoms with Gasteiger partial charge in [0.1, 0.15) is 11.5 Å². The van der Waals surface area contributed by atoms with Crippen LogP contribution in [0.3, 0.4) is 0 Å². The molecule has 0 aliphatic heterocycles. The van der Waals surface area contributed by atoms with E-state index in [2.05, 4.69) is 10.5 Å². The van der Waals surface area contributed by atoms with Crippen molar-refractivity contribution >= 4 is 33.8 Å². The summed E-state index contributed by atoms with van der Waals surface area (Å²) in [4.78, 5) is 24.3. The zero-order chi connectivity index (χ0) is 27.8. The van der Waals surface area contributed by atoms with Gasteiger partial charge in [0.05, 0.1) is 36.9 Å². The summed E-state index contributed by atoms with van der Waals surface area (Å²) in [6.07, 6.45) is 2.54. The third kappa shape index (κ3) is 7.20. The first-order chi connectivity index (χ1) is 18.7. The fraction of sp³-hybridized carbons (Fsp3) is 0.138. The maximum absolute atomic E-state index is 12.5. The van der Waals surface area contributed by atoms with Crippen LogP contribution >= 0.6 is 0 Å². The summed E-state index contributed by atoms with van der Waals surface area (Å²) in [7, 11) is -3.50. The third-order valence-corrected chi connectivity index (χ3v) is 6.79. The molecule has 1 N–H and O–H groups in total. The number of sulfonamides is 1. The number of hydrazone groups is 1. The molecule has 10 heteroatoms. The molecule has 0 aliphatic rings. The Morgan fingerprint density at radius 3 is 2.23 bits per heavy atom. The van der Waals surface area contributed by atoms with Crippen LogP contribution in [0.1, 0.15) is 39.0 Å². The minimum atomic E-state index is -3.50. The Morgan fingerprint density at radius 2 is 1.59 bits per heavy atom. The minimum absolute atomic E-state index is 0.134. The predicted octanol–water partition coefficient (Wildman–Crippen LogP) is 4.85. The minimum Gasteiger partial charge on any atom is -0.462 e. The molecule has 0 radical (unpaired) electrons. The van der Waals surface area contributed by atoms with Gasteiger partial charge in [-0.1, -0.05) is 42.5 Å². The highest BCUT2D eigenvalue weighted by atomic mass is 32.2. The number of esters is 1. The SMILES string of the molecule is CCOC(=O)c1ccc(-c2ccc(/C=N\NC(=O)c3ccc(CN(c4ccccc4)S(C)(=O)=O)cc3)o2)cc1. The molecule has 4 rings (SSSR count). The normalized spacial score (nSPS) is 11.3. The van der Waals surface area contributed by atoms with Crippen molar-refractivity contribution < 1.29 is 27.2 Å². The second kappa shape index (κ2) is 12.2. The molecule has 0 saturated carbocycles. The lowest BCUT2D eigenvalue weighted by atomic mass is 10.1. The van der Waals surface area contributed by atoms with Crippen molar-refractivity contribution in [1.29, 1.82) is 0 Å². The number of furan rings is 1. The number of para-hydroxylation sites is 1. The van der Waals surface area contributed by atoms with E-state index in [0.717, 1.165) is 17.4 Å². The first-order valence-electron chi connectivity index (χ1n) is 12.1. The van der Waals surface area contributed by atoms with Crippen LogP contribution < -0.4 is 9.73 Å². The lowest BCUT2D eigenvalue weighted by Gasteiger charge is -2.22. The molecule has 39 heavy (non-hydrogen) atoms. The number of hydrogen-bond donors (Lipinski definition) is 1. The molecule has 0 saturated heterocycles.